The van der Waals surface area contributed by atoms with E-state index in [0.29, 0.717) is 6.04 Å². The average molecular weight is 447 g/mol. The van der Waals surface area contributed by atoms with Gasteiger partial charge in [0.25, 0.3) is 0 Å². The molecule has 28 heavy (non-hydrogen) atoms. The zero-order valence-electron chi connectivity index (χ0n) is 17.1. The maximum Gasteiger partial charge on any atom is 0.410 e. The van der Waals surface area contributed by atoms with Gasteiger partial charge in [-0.15, -0.1) is 0 Å². The number of pyridine rings is 1. The Morgan fingerprint density at radius 3 is 2.54 bits per heavy atom. The Bertz CT molecular complexity index is 917. The molecule has 1 saturated carbocycles. The second-order valence-corrected chi connectivity index (χ2v) is 10.0. The first kappa shape index (κ1) is 19.4. The molecule has 1 aliphatic carbocycles. The van der Waals surface area contributed by atoms with E-state index in [4.69, 9.17) is 9.84 Å². The maximum atomic E-state index is 12.2. The van der Waals surface area contributed by atoms with Crippen LogP contribution in [0.1, 0.15) is 51.0 Å². The fourth-order valence-corrected chi connectivity index (χ4v) is 4.83. The number of likely N-dealkylation sites (tertiary alicyclic amines) is 1. The van der Waals surface area contributed by atoms with Gasteiger partial charge >= 0.3 is 6.09 Å². The van der Waals surface area contributed by atoms with Crippen LogP contribution in [0, 0.1) is 19.3 Å². The van der Waals surface area contributed by atoms with Crippen molar-refractivity contribution in [3.63, 3.8) is 0 Å². The number of aryl methyl sites for hydroxylation is 2. The number of aromatic nitrogens is 3. The second kappa shape index (κ2) is 6.58. The van der Waals surface area contributed by atoms with E-state index in [1.54, 1.807) is 0 Å². The summed E-state index contributed by atoms with van der Waals surface area (Å²) in [5.74, 6) is 0. The van der Waals surface area contributed by atoms with E-state index in [-0.39, 0.29) is 11.5 Å². The SMILES string of the molecule is Cc1ncccc1-c1c(Br)c(C)nn1C1CC2(C1)CN(C(=O)OC(C)(C)C)C2. The van der Waals surface area contributed by atoms with Gasteiger partial charge in [-0.3, -0.25) is 9.67 Å². The highest BCUT2D eigenvalue weighted by Gasteiger charge is 2.55. The van der Waals surface area contributed by atoms with E-state index in [1.165, 1.54) is 0 Å². The number of halogens is 1. The maximum absolute atomic E-state index is 12.2. The van der Waals surface area contributed by atoms with Crippen molar-refractivity contribution in [1.82, 2.24) is 19.7 Å². The lowest BCUT2D eigenvalue weighted by molar-refractivity contribution is -0.0925. The largest absolute Gasteiger partial charge is 0.444 e. The van der Waals surface area contributed by atoms with Crippen LogP contribution >= 0.6 is 15.9 Å². The minimum Gasteiger partial charge on any atom is -0.444 e. The Morgan fingerprint density at radius 2 is 1.93 bits per heavy atom. The summed E-state index contributed by atoms with van der Waals surface area (Å²) in [5, 5.41) is 4.81. The first-order valence-electron chi connectivity index (χ1n) is 9.73. The molecule has 4 rings (SSSR count). The Morgan fingerprint density at radius 1 is 1.25 bits per heavy atom. The van der Waals surface area contributed by atoms with Gasteiger partial charge in [0, 0.05) is 36.0 Å². The van der Waals surface area contributed by atoms with Crippen LogP contribution in [-0.2, 0) is 4.74 Å². The van der Waals surface area contributed by atoms with E-state index in [2.05, 4.69) is 31.7 Å². The van der Waals surface area contributed by atoms with Crippen LogP contribution in [0.25, 0.3) is 11.3 Å². The first-order chi connectivity index (χ1) is 13.1. The standard InChI is InChI=1S/C21H27BrN4O2/c1-13-16(7-6-8-23-13)18-17(22)14(2)24-26(18)15-9-21(10-15)11-25(12-21)19(27)28-20(3,4)5/h6-8,15H,9-12H2,1-5H3. The zero-order valence-corrected chi connectivity index (χ0v) is 18.7. The van der Waals surface area contributed by atoms with E-state index >= 15 is 0 Å². The summed E-state index contributed by atoms with van der Waals surface area (Å²) in [6, 6.07) is 4.41. The number of carbonyl (C=O) groups is 1. The summed E-state index contributed by atoms with van der Waals surface area (Å²) in [7, 11) is 0. The van der Waals surface area contributed by atoms with E-state index in [9.17, 15) is 4.79 Å². The molecule has 7 heteroatoms. The number of rotatable bonds is 2. The summed E-state index contributed by atoms with van der Waals surface area (Å²) in [4.78, 5) is 18.5. The predicted molar refractivity (Wildman–Crippen MR) is 111 cm³/mol. The molecule has 2 aliphatic rings. The Hall–Kier alpha value is -1.89. The molecule has 1 aliphatic heterocycles. The van der Waals surface area contributed by atoms with Crippen molar-refractivity contribution < 1.29 is 9.53 Å². The summed E-state index contributed by atoms with van der Waals surface area (Å²) in [5.41, 5.74) is 3.97. The smallest absolute Gasteiger partial charge is 0.410 e. The van der Waals surface area contributed by atoms with Gasteiger partial charge < -0.3 is 9.64 Å². The molecular weight excluding hydrogens is 420 g/mol. The molecule has 0 unspecified atom stereocenters. The van der Waals surface area contributed by atoms with E-state index in [1.807, 2.05) is 51.8 Å². The van der Waals surface area contributed by atoms with Gasteiger partial charge in [-0.2, -0.15) is 5.10 Å². The number of hydrogen-bond acceptors (Lipinski definition) is 4. The van der Waals surface area contributed by atoms with Crippen molar-refractivity contribution >= 4 is 22.0 Å². The van der Waals surface area contributed by atoms with Crippen molar-refractivity contribution in [2.45, 2.75) is 59.1 Å². The quantitative estimate of drug-likeness (QED) is 0.658. The van der Waals surface area contributed by atoms with Gasteiger partial charge in [0.2, 0.25) is 0 Å². The van der Waals surface area contributed by atoms with E-state index < -0.39 is 5.60 Å². The minimum absolute atomic E-state index is 0.203. The summed E-state index contributed by atoms with van der Waals surface area (Å²) in [6.07, 6.45) is 3.68. The lowest BCUT2D eigenvalue weighted by Crippen LogP contribution is -2.64. The molecule has 2 fully saturated rings. The summed E-state index contributed by atoms with van der Waals surface area (Å²) < 4.78 is 8.67. The molecule has 2 aromatic heterocycles. The molecule has 0 radical (unpaired) electrons. The van der Waals surface area contributed by atoms with Gasteiger partial charge in [0.15, 0.2) is 0 Å². The number of ether oxygens (including phenoxy) is 1. The lowest BCUT2D eigenvalue weighted by atomic mass is 9.60. The van der Waals surface area contributed by atoms with Gasteiger partial charge in [0.1, 0.15) is 5.60 Å². The zero-order chi connectivity index (χ0) is 20.3. The normalized spacial score (nSPS) is 18.7. The number of carbonyl (C=O) groups excluding carboxylic acids is 1. The van der Waals surface area contributed by atoms with Crippen LogP contribution in [-0.4, -0.2) is 44.4 Å². The van der Waals surface area contributed by atoms with Crippen LogP contribution in [0.3, 0.4) is 0 Å². The van der Waals surface area contributed by atoms with E-state index in [0.717, 1.165) is 53.0 Å². The monoisotopic (exact) mass is 446 g/mol. The van der Waals surface area contributed by atoms with Crippen molar-refractivity contribution in [3.05, 3.63) is 34.2 Å². The fraction of sp³-hybridized carbons (Fsp3) is 0.571. The topological polar surface area (TPSA) is 60.2 Å². The van der Waals surface area contributed by atoms with Crippen LogP contribution in [0.4, 0.5) is 4.79 Å². The Labute approximate surface area is 174 Å². The lowest BCUT2D eigenvalue weighted by Gasteiger charge is -2.58. The van der Waals surface area contributed by atoms with Gasteiger partial charge in [-0.25, -0.2) is 4.79 Å². The van der Waals surface area contributed by atoms with Crippen molar-refractivity contribution in [1.29, 1.82) is 0 Å². The van der Waals surface area contributed by atoms with Crippen molar-refractivity contribution in [2.24, 2.45) is 5.41 Å². The highest BCUT2D eigenvalue weighted by molar-refractivity contribution is 9.10. The van der Waals surface area contributed by atoms with Crippen LogP contribution in [0.2, 0.25) is 0 Å². The summed E-state index contributed by atoms with van der Waals surface area (Å²) >= 11 is 3.73. The predicted octanol–water partition coefficient (Wildman–Crippen LogP) is 4.90. The molecule has 3 heterocycles. The molecule has 1 saturated heterocycles. The van der Waals surface area contributed by atoms with Gasteiger partial charge in [-0.05, 0) is 75.5 Å². The molecule has 2 aromatic rings. The molecule has 0 aromatic carbocycles. The molecule has 150 valence electrons. The molecule has 1 spiro atoms. The van der Waals surface area contributed by atoms with Crippen LogP contribution in [0.5, 0.6) is 0 Å². The highest BCUT2D eigenvalue weighted by Crippen LogP contribution is 2.55. The highest BCUT2D eigenvalue weighted by atomic mass is 79.9. The third-order valence-electron chi connectivity index (χ3n) is 5.66. The minimum atomic E-state index is -0.447. The van der Waals surface area contributed by atoms with Crippen molar-refractivity contribution in [3.8, 4) is 11.3 Å². The average Bonchev–Trinajstić information content (AvgIpc) is 2.79. The Kier molecular flexibility index (Phi) is 4.56. The number of hydrogen-bond donors (Lipinski definition) is 0. The van der Waals surface area contributed by atoms with Gasteiger partial charge in [0.05, 0.1) is 21.9 Å². The van der Waals surface area contributed by atoms with Crippen LogP contribution < -0.4 is 0 Å². The fourth-order valence-electron chi connectivity index (χ4n) is 4.36. The first-order valence-corrected chi connectivity index (χ1v) is 10.5. The third kappa shape index (κ3) is 3.34. The molecule has 6 nitrogen and oxygen atoms in total. The molecule has 1 amide bonds. The van der Waals surface area contributed by atoms with Crippen LogP contribution in [0.15, 0.2) is 22.8 Å². The molecular formula is C21H27BrN4O2. The molecule has 0 bridgehead atoms. The molecule has 0 N–H and O–H groups in total. The number of nitrogens with zero attached hydrogens (tertiary/aromatic N) is 4. The summed E-state index contributed by atoms with van der Waals surface area (Å²) in [6.45, 7) is 11.3. The molecule has 0 atom stereocenters. The number of amides is 1. The third-order valence-corrected chi connectivity index (χ3v) is 6.61. The second-order valence-electron chi connectivity index (χ2n) is 9.23. The van der Waals surface area contributed by atoms with Crippen molar-refractivity contribution in [2.75, 3.05) is 13.1 Å². The Balaban J connectivity index is 1.47. The van der Waals surface area contributed by atoms with Gasteiger partial charge in [-0.1, -0.05) is 0 Å².